The molecule has 7 N–H and O–H groups in total. The van der Waals surface area contributed by atoms with Gasteiger partial charge in [-0.3, -0.25) is 5.41 Å². The number of amidine groups is 1. The van der Waals surface area contributed by atoms with Gasteiger partial charge in [-0.05, 0) is 48.4 Å². The Balaban J connectivity index is 2.41. The zero-order chi connectivity index (χ0) is 20.7. The first kappa shape index (κ1) is 21.2. The number of nitrogens with two attached hydrogens (primary N) is 1. The molecule has 0 heterocycles. The van der Waals surface area contributed by atoms with E-state index in [4.69, 9.17) is 21.0 Å². The highest BCUT2D eigenvalue weighted by Crippen LogP contribution is 2.32. The number of carboxylic acids is 1. The van der Waals surface area contributed by atoms with Gasteiger partial charge < -0.3 is 31.1 Å². The van der Waals surface area contributed by atoms with Gasteiger partial charge in [-0.1, -0.05) is 13.0 Å². The minimum atomic E-state index is -1.15. The average Bonchev–Trinajstić information content (AvgIpc) is 2.70. The van der Waals surface area contributed by atoms with Crippen LogP contribution in [0.4, 0.5) is 5.69 Å². The van der Waals surface area contributed by atoms with Crippen LogP contribution in [0.1, 0.15) is 42.2 Å². The minimum Gasteiger partial charge on any atom is -0.491 e. The predicted molar refractivity (Wildman–Crippen MR) is 106 cm³/mol. The molecule has 150 valence electrons. The van der Waals surface area contributed by atoms with Crippen LogP contribution in [0, 0.1) is 5.41 Å². The van der Waals surface area contributed by atoms with Gasteiger partial charge in [0.15, 0.2) is 6.04 Å². The predicted octanol–water partition coefficient (Wildman–Crippen LogP) is 2.02. The molecule has 8 heteroatoms. The molecular weight excluding hydrogens is 362 g/mol. The maximum Gasteiger partial charge on any atom is 0.330 e. The molecule has 2 aromatic rings. The van der Waals surface area contributed by atoms with Crippen LogP contribution in [-0.2, 0) is 4.79 Å². The lowest BCUT2D eigenvalue weighted by atomic mass is 9.98. The van der Waals surface area contributed by atoms with Gasteiger partial charge in [0, 0.05) is 16.8 Å². The van der Waals surface area contributed by atoms with Gasteiger partial charge in [0.25, 0.3) is 0 Å². The fourth-order valence-corrected chi connectivity index (χ4v) is 2.71. The van der Waals surface area contributed by atoms with Crippen LogP contribution in [0.25, 0.3) is 0 Å². The summed E-state index contributed by atoms with van der Waals surface area (Å²) in [6.07, 6.45) is -0.247. The number of benzene rings is 2. The molecule has 0 aliphatic carbocycles. The molecule has 0 saturated heterocycles. The molecule has 0 radical (unpaired) electrons. The third-order valence-corrected chi connectivity index (χ3v) is 4.22. The molecule has 0 aliphatic rings. The summed E-state index contributed by atoms with van der Waals surface area (Å²) >= 11 is 0. The Hall–Kier alpha value is -3.10. The second-order valence-corrected chi connectivity index (χ2v) is 6.20. The molecule has 0 saturated carbocycles. The molecule has 2 unspecified atom stereocenters. The second-order valence-electron chi connectivity index (χ2n) is 6.20. The largest absolute Gasteiger partial charge is 0.491 e. The molecule has 2 atom stereocenters. The first-order valence-corrected chi connectivity index (χ1v) is 8.86. The highest BCUT2D eigenvalue weighted by molar-refractivity contribution is 5.95. The van der Waals surface area contributed by atoms with Crippen LogP contribution in [0.2, 0.25) is 0 Å². The van der Waals surface area contributed by atoms with Crippen molar-refractivity contribution in [1.29, 1.82) is 5.41 Å². The molecule has 2 rings (SSSR count). The summed E-state index contributed by atoms with van der Waals surface area (Å²) in [5, 5.41) is 39.3. The SMILES string of the molecule is CCC(O)c1ccc(OCCO)c(C(Nc2ccc(C(=N)N)cc2)C(=O)O)c1. The van der Waals surface area contributed by atoms with E-state index in [0.717, 1.165) is 0 Å². The Labute approximate surface area is 163 Å². The number of rotatable bonds is 10. The van der Waals surface area contributed by atoms with Gasteiger partial charge in [0.05, 0.1) is 12.7 Å². The lowest BCUT2D eigenvalue weighted by Gasteiger charge is -2.21. The number of hydrogen-bond acceptors (Lipinski definition) is 6. The molecule has 0 bridgehead atoms. The fourth-order valence-electron chi connectivity index (χ4n) is 2.71. The highest BCUT2D eigenvalue weighted by Gasteiger charge is 2.25. The maximum absolute atomic E-state index is 12.0. The smallest absolute Gasteiger partial charge is 0.330 e. The van der Waals surface area contributed by atoms with Crippen LogP contribution in [0.5, 0.6) is 5.75 Å². The number of carboxylic acid groups (broad SMARTS) is 1. The van der Waals surface area contributed by atoms with Crippen molar-refractivity contribution in [2.24, 2.45) is 5.73 Å². The first-order valence-electron chi connectivity index (χ1n) is 8.86. The first-order chi connectivity index (χ1) is 13.4. The van der Waals surface area contributed by atoms with E-state index in [0.29, 0.717) is 34.5 Å². The molecule has 0 fully saturated rings. The van der Waals surface area contributed by atoms with Crippen molar-refractivity contribution in [3.8, 4) is 5.75 Å². The van der Waals surface area contributed by atoms with Gasteiger partial charge in [0.1, 0.15) is 18.2 Å². The monoisotopic (exact) mass is 387 g/mol. The lowest BCUT2D eigenvalue weighted by Crippen LogP contribution is -2.22. The number of anilines is 1. The number of aliphatic hydroxyl groups excluding tert-OH is 2. The number of ether oxygens (including phenoxy) is 1. The number of nitrogens with one attached hydrogen (secondary N) is 2. The van der Waals surface area contributed by atoms with E-state index in [9.17, 15) is 15.0 Å². The summed E-state index contributed by atoms with van der Waals surface area (Å²) in [7, 11) is 0. The summed E-state index contributed by atoms with van der Waals surface area (Å²) in [6, 6.07) is 10.2. The summed E-state index contributed by atoms with van der Waals surface area (Å²) in [5.74, 6) is -0.906. The summed E-state index contributed by atoms with van der Waals surface area (Å²) < 4.78 is 5.49. The molecule has 0 aliphatic heterocycles. The van der Waals surface area contributed by atoms with Crippen molar-refractivity contribution >= 4 is 17.5 Å². The normalized spacial score (nSPS) is 12.8. The van der Waals surface area contributed by atoms with Gasteiger partial charge in [0.2, 0.25) is 0 Å². The Morgan fingerprint density at radius 3 is 2.46 bits per heavy atom. The number of hydrogen-bond donors (Lipinski definition) is 6. The maximum atomic E-state index is 12.0. The van der Waals surface area contributed by atoms with E-state index < -0.39 is 18.1 Å². The molecule has 8 nitrogen and oxygen atoms in total. The van der Waals surface area contributed by atoms with Gasteiger partial charge >= 0.3 is 5.97 Å². The zero-order valence-electron chi connectivity index (χ0n) is 15.6. The third kappa shape index (κ3) is 5.21. The Morgan fingerprint density at radius 2 is 1.93 bits per heavy atom. The summed E-state index contributed by atoms with van der Waals surface area (Å²) in [5.41, 5.74) is 7.40. The van der Waals surface area contributed by atoms with E-state index in [-0.39, 0.29) is 19.0 Å². The van der Waals surface area contributed by atoms with Crippen molar-refractivity contribution in [3.05, 3.63) is 59.2 Å². The van der Waals surface area contributed by atoms with Gasteiger partial charge in [-0.25, -0.2) is 4.79 Å². The van der Waals surface area contributed by atoms with E-state index in [2.05, 4.69) is 5.32 Å². The van der Waals surface area contributed by atoms with E-state index in [1.165, 1.54) is 0 Å². The number of aliphatic hydroxyl groups is 2. The highest BCUT2D eigenvalue weighted by atomic mass is 16.5. The van der Waals surface area contributed by atoms with Crippen LogP contribution < -0.4 is 15.8 Å². The van der Waals surface area contributed by atoms with Crippen molar-refractivity contribution in [3.63, 3.8) is 0 Å². The van der Waals surface area contributed by atoms with Crippen LogP contribution >= 0.6 is 0 Å². The summed E-state index contributed by atoms with van der Waals surface area (Å²) in [4.78, 5) is 12.0. The van der Waals surface area contributed by atoms with Crippen molar-refractivity contribution < 1.29 is 24.9 Å². The molecule has 28 heavy (non-hydrogen) atoms. The minimum absolute atomic E-state index is 0.0162. The molecule has 2 aromatic carbocycles. The lowest BCUT2D eigenvalue weighted by molar-refractivity contribution is -0.138. The Bertz CT molecular complexity index is 823. The number of carbonyl (C=O) groups is 1. The van der Waals surface area contributed by atoms with Crippen LogP contribution in [-0.4, -0.2) is 40.3 Å². The fraction of sp³-hybridized carbons (Fsp3) is 0.300. The number of nitrogen functional groups attached to an aromatic ring is 1. The molecule has 0 spiro atoms. The molecular formula is C20H25N3O5. The van der Waals surface area contributed by atoms with Crippen LogP contribution in [0.15, 0.2) is 42.5 Å². The third-order valence-electron chi connectivity index (χ3n) is 4.22. The molecule has 0 aromatic heterocycles. The second kappa shape index (κ2) is 9.72. The van der Waals surface area contributed by atoms with E-state index in [1.54, 1.807) is 42.5 Å². The van der Waals surface area contributed by atoms with Crippen molar-refractivity contribution in [2.45, 2.75) is 25.5 Å². The Morgan fingerprint density at radius 1 is 1.25 bits per heavy atom. The van der Waals surface area contributed by atoms with Crippen LogP contribution in [0.3, 0.4) is 0 Å². The number of aliphatic carboxylic acids is 1. The summed E-state index contributed by atoms with van der Waals surface area (Å²) in [6.45, 7) is 1.63. The van der Waals surface area contributed by atoms with E-state index in [1.807, 2.05) is 6.92 Å². The average molecular weight is 387 g/mol. The van der Waals surface area contributed by atoms with Gasteiger partial charge in [-0.2, -0.15) is 0 Å². The van der Waals surface area contributed by atoms with Crippen molar-refractivity contribution in [2.75, 3.05) is 18.5 Å². The quantitative estimate of drug-likeness (QED) is 0.270. The van der Waals surface area contributed by atoms with E-state index >= 15 is 0 Å². The molecule has 0 amide bonds. The standard InChI is InChI=1S/C20H25N3O5/c1-2-16(25)13-5-8-17(28-10-9-24)15(11-13)18(20(26)27)23-14-6-3-12(4-7-14)19(21)22/h3-8,11,16,18,23-25H,2,9-10H2,1H3,(H3,21,22)(H,26,27). The topological polar surface area (TPSA) is 149 Å². The Kier molecular flexibility index (Phi) is 7.36. The van der Waals surface area contributed by atoms with Gasteiger partial charge in [-0.15, -0.1) is 0 Å². The van der Waals surface area contributed by atoms with Crippen molar-refractivity contribution in [1.82, 2.24) is 0 Å². The zero-order valence-corrected chi connectivity index (χ0v) is 15.6.